The number of nitrogens with two attached hydrogens (primary N) is 1. The highest BCUT2D eigenvalue weighted by molar-refractivity contribution is 5.78. The minimum Gasteiger partial charge on any atom is -0.399 e. The molecule has 2 nitrogen and oxygen atoms in total. The van der Waals surface area contributed by atoms with Crippen LogP contribution in [0.15, 0.2) is 12.1 Å². The number of aldehydes is 1. The van der Waals surface area contributed by atoms with E-state index in [-0.39, 0.29) is 12.0 Å². The topological polar surface area (TPSA) is 43.1 Å². The quantitative estimate of drug-likeness (QED) is 0.436. The highest BCUT2D eigenvalue weighted by atomic mass is 19.4. The van der Waals surface area contributed by atoms with E-state index in [2.05, 4.69) is 0 Å². The van der Waals surface area contributed by atoms with Crippen LogP contribution in [-0.4, -0.2) is 6.29 Å². The van der Waals surface area contributed by atoms with Gasteiger partial charge in [-0.1, -0.05) is 0 Å². The fraction of sp³-hybridized carbons (Fsp3) is 0.125. The van der Waals surface area contributed by atoms with Crippen LogP contribution >= 0.6 is 0 Å². The van der Waals surface area contributed by atoms with E-state index < -0.39 is 23.1 Å². The predicted octanol–water partition coefficient (Wildman–Crippen LogP) is 2.24. The lowest BCUT2D eigenvalue weighted by Gasteiger charge is -2.09. The summed E-state index contributed by atoms with van der Waals surface area (Å²) in [6.07, 6.45) is -4.86. The molecule has 0 aliphatic carbocycles. The molecule has 0 bridgehead atoms. The molecule has 0 saturated heterocycles. The van der Waals surface area contributed by atoms with Crippen molar-refractivity contribution in [2.45, 2.75) is 6.18 Å². The molecule has 1 rings (SSSR count). The number of carbonyl (C=O) groups is 1. The van der Waals surface area contributed by atoms with Crippen LogP contribution in [-0.2, 0) is 6.18 Å². The van der Waals surface area contributed by atoms with Gasteiger partial charge in [-0.15, -0.1) is 0 Å². The van der Waals surface area contributed by atoms with Crippen LogP contribution in [0.5, 0.6) is 0 Å². The Labute approximate surface area is 76.3 Å². The maximum atomic E-state index is 12.9. The Bertz CT molecular complexity index is 372. The minimum absolute atomic E-state index is 0.0130. The van der Waals surface area contributed by atoms with Gasteiger partial charge in [0.1, 0.15) is 5.82 Å². The third-order valence-corrected chi connectivity index (χ3v) is 1.56. The zero-order chi connectivity index (χ0) is 10.9. The lowest BCUT2D eigenvalue weighted by atomic mass is 10.1. The molecule has 0 aliphatic rings. The zero-order valence-electron chi connectivity index (χ0n) is 6.73. The number of hydrogen-bond acceptors (Lipinski definition) is 2. The average molecular weight is 207 g/mol. The third kappa shape index (κ3) is 1.84. The van der Waals surface area contributed by atoms with Crippen molar-refractivity contribution in [3.05, 3.63) is 29.1 Å². The molecule has 0 heterocycles. The molecule has 0 unspecified atom stereocenters. The Morgan fingerprint density at radius 2 is 1.86 bits per heavy atom. The van der Waals surface area contributed by atoms with E-state index in [1.54, 1.807) is 0 Å². The Morgan fingerprint density at radius 1 is 1.29 bits per heavy atom. The van der Waals surface area contributed by atoms with Gasteiger partial charge in [-0.3, -0.25) is 4.79 Å². The summed E-state index contributed by atoms with van der Waals surface area (Å²) < 4.78 is 49.3. The van der Waals surface area contributed by atoms with Gasteiger partial charge in [-0.25, -0.2) is 4.39 Å². The van der Waals surface area contributed by atoms with E-state index >= 15 is 0 Å². The molecule has 1 aromatic carbocycles. The Kier molecular flexibility index (Phi) is 2.46. The SMILES string of the molecule is Nc1cc(C=O)c(F)c(C(F)(F)F)c1. The van der Waals surface area contributed by atoms with Gasteiger partial charge in [0.15, 0.2) is 6.29 Å². The molecule has 0 spiro atoms. The van der Waals surface area contributed by atoms with Gasteiger partial charge >= 0.3 is 6.18 Å². The number of nitrogen functional groups attached to an aromatic ring is 1. The first-order valence-corrected chi connectivity index (χ1v) is 3.47. The molecule has 0 radical (unpaired) electrons. The van der Waals surface area contributed by atoms with Crippen LogP contribution in [0.1, 0.15) is 15.9 Å². The molecule has 6 heteroatoms. The van der Waals surface area contributed by atoms with E-state index in [0.29, 0.717) is 6.07 Å². The van der Waals surface area contributed by atoms with Crippen LogP contribution in [0.4, 0.5) is 23.2 Å². The second-order valence-corrected chi connectivity index (χ2v) is 2.59. The van der Waals surface area contributed by atoms with Crippen molar-refractivity contribution in [2.24, 2.45) is 0 Å². The maximum Gasteiger partial charge on any atom is 0.419 e. The molecule has 0 amide bonds. The number of carbonyl (C=O) groups excluding carboxylic acids is 1. The molecule has 2 N–H and O–H groups in total. The van der Waals surface area contributed by atoms with Crippen LogP contribution < -0.4 is 5.73 Å². The summed E-state index contributed by atoms with van der Waals surface area (Å²) in [6, 6.07) is 1.29. The second-order valence-electron chi connectivity index (χ2n) is 2.59. The molecule has 1 aromatic rings. The van der Waals surface area contributed by atoms with Crippen molar-refractivity contribution in [1.82, 2.24) is 0 Å². The fourth-order valence-electron chi connectivity index (χ4n) is 0.962. The van der Waals surface area contributed by atoms with Gasteiger partial charge < -0.3 is 5.73 Å². The minimum atomic E-state index is -4.85. The van der Waals surface area contributed by atoms with E-state index in [1.807, 2.05) is 0 Å². The highest BCUT2D eigenvalue weighted by Gasteiger charge is 2.35. The van der Waals surface area contributed by atoms with Crippen molar-refractivity contribution >= 4 is 12.0 Å². The third-order valence-electron chi connectivity index (χ3n) is 1.56. The summed E-state index contributed by atoms with van der Waals surface area (Å²) in [5.41, 5.74) is 2.55. The normalized spacial score (nSPS) is 11.4. The molecule has 0 saturated carbocycles. The maximum absolute atomic E-state index is 12.9. The lowest BCUT2D eigenvalue weighted by Crippen LogP contribution is -2.11. The summed E-state index contributed by atoms with van der Waals surface area (Å²) >= 11 is 0. The lowest BCUT2D eigenvalue weighted by molar-refractivity contribution is -0.139. The number of rotatable bonds is 1. The number of halogens is 4. The van der Waals surface area contributed by atoms with Crippen LogP contribution in [0.3, 0.4) is 0 Å². The van der Waals surface area contributed by atoms with Gasteiger partial charge in [0, 0.05) is 5.69 Å². The number of hydrogen-bond donors (Lipinski definition) is 1. The van der Waals surface area contributed by atoms with Crippen molar-refractivity contribution in [1.29, 1.82) is 0 Å². The van der Waals surface area contributed by atoms with Crippen LogP contribution in [0, 0.1) is 5.82 Å². The van der Waals surface area contributed by atoms with Crippen molar-refractivity contribution in [3.8, 4) is 0 Å². The highest BCUT2D eigenvalue weighted by Crippen LogP contribution is 2.33. The van der Waals surface area contributed by atoms with E-state index in [4.69, 9.17) is 5.73 Å². The number of anilines is 1. The molecule has 0 fully saturated rings. The summed E-state index contributed by atoms with van der Waals surface area (Å²) in [4.78, 5) is 10.2. The fourth-order valence-corrected chi connectivity index (χ4v) is 0.962. The monoisotopic (exact) mass is 207 g/mol. The van der Waals surface area contributed by atoms with Crippen molar-refractivity contribution < 1.29 is 22.4 Å². The summed E-state index contributed by atoms with van der Waals surface area (Å²) in [7, 11) is 0. The molecule has 76 valence electrons. The Hall–Kier alpha value is -1.59. The average Bonchev–Trinajstić information content (AvgIpc) is 2.06. The van der Waals surface area contributed by atoms with Gasteiger partial charge in [0.2, 0.25) is 0 Å². The van der Waals surface area contributed by atoms with Gasteiger partial charge in [0.05, 0.1) is 11.1 Å². The summed E-state index contributed by atoms with van der Waals surface area (Å²) in [5, 5.41) is 0. The van der Waals surface area contributed by atoms with Crippen molar-refractivity contribution in [2.75, 3.05) is 5.73 Å². The number of alkyl halides is 3. The molecule has 14 heavy (non-hydrogen) atoms. The van der Waals surface area contributed by atoms with Gasteiger partial charge in [0.25, 0.3) is 0 Å². The first kappa shape index (κ1) is 10.5. The van der Waals surface area contributed by atoms with E-state index in [9.17, 15) is 22.4 Å². The van der Waals surface area contributed by atoms with Crippen LogP contribution in [0.25, 0.3) is 0 Å². The largest absolute Gasteiger partial charge is 0.419 e. The van der Waals surface area contributed by atoms with Gasteiger partial charge in [-0.05, 0) is 12.1 Å². The molecular weight excluding hydrogens is 202 g/mol. The zero-order valence-corrected chi connectivity index (χ0v) is 6.73. The Morgan fingerprint density at radius 3 is 2.29 bits per heavy atom. The smallest absolute Gasteiger partial charge is 0.399 e. The predicted molar refractivity (Wildman–Crippen MR) is 41.2 cm³/mol. The number of benzene rings is 1. The standard InChI is InChI=1S/C8H5F4NO/c9-7-4(3-14)1-5(13)2-6(7)8(10,11)12/h1-3H,13H2. The molecule has 0 aromatic heterocycles. The molecule has 0 aliphatic heterocycles. The summed E-state index contributed by atoms with van der Waals surface area (Å²) in [5.74, 6) is -1.60. The van der Waals surface area contributed by atoms with Gasteiger partial charge in [-0.2, -0.15) is 13.2 Å². The van der Waals surface area contributed by atoms with Crippen LogP contribution in [0.2, 0.25) is 0 Å². The first-order chi connectivity index (χ1) is 6.36. The Balaban J connectivity index is 3.44. The second kappa shape index (κ2) is 3.28. The molecular formula is C8H5F4NO. The van der Waals surface area contributed by atoms with E-state index in [1.165, 1.54) is 0 Å². The van der Waals surface area contributed by atoms with E-state index in [0.717, 1.165) is 6.07 Å². The summed E-state index contributed by atoms with van der Waals surface area (Å²) in [6.45, 7) is 0. The van der Waals surface area contributed by atoms with Crippen molar-refractivity contribution in [3.63, 3.8) is 0 Å². The molecule has 0 atom stereocenters. The first-order valence-electron chi connectivity index (χ1n) is 3.47.